The van der Waals surface area contributed by atoms with Gasteiger partial charge in [-0.1, -0.05) is 26.0 Å². The number of nitrogens with zero attached hydrogens (tertiary/aromatic N) is 1. The van der Waals surface area contributed by atoms with E-state index in [-0.39, 0.29) is 22.5 Å². The SMILES string of the molecule is CC(C)NCc1sc(-c2cccc(F)c2)nc1C(F)(F)F. The molecule has 0 spiro atoms. The Morgan fingerprint density at radius 2 is 2.00 bits per heavy atom. The lowest BCUT2D eigenvalue weighted by Crippen LogP contribution is -2.23. The molecule has 0 fully saturated rings. The lowest BCUT2D eigenvalue weighted by atomic mass is 10.2. The Bertz CT molecular complexity index is 620. The maximum absolute atomic E-state index is 13.2. The van der Waals surface area contributed by atoms with Crippen molar-refractivity contribution in [1.29, 1.82) is 0 Å². The highest BCUT2D eigenvalue weighted by molar-refractivity contribution is 7.15. The van der Waals surface area contributed by atoms with Crippen molar-refractivity contribution in [3.05, 3.63) is 40.7 Å². The van der Waals surface area contributed by atoms with Gasteiger partial charge in [-0.05, 0) is 12.1 Å². The summed E-state index contributed by atoms with van der Waals surface area (Å²) in [5, 5.41) is 3.12. The van der Waals surface area contributed by atoms with Crippen molar-refractivity contribution in [3.8, 4) is 10.6 Å². The summed E-state index contributed by atoms with van der Waals surface area (Å²) < 4.78 is 52.3. The molecular weight excluding hydrogens is 304 g/mol. The van der Waals surface area contributed by atoms with E-state index in [9.17, 15) is 17.6 Å². The average molecular weight is 318 g/mol. The van der Waals surface area contributed by atoms with Crippen LogP contribution in [0.5, 0.6) is 0 Å². The van der Waals surface area contributed by atoms with E-state index in [0.717, 1.165) is 11.3 Å². The van der Waals surface area contributed by atoms with E-state index in [4.69, 9.17) is 0 Å². The molecule has 2 aromatic rings. The van der Waals surface area contributed by atoms with Crippen LogP contribution in [-0.2, 0) is 12.7 Å². The summed E-state index contributed by atoms with van der Waals surface area (Å²) in [4.78, 5) is 3.76. The second kappa shape index (κ2) is 6.11. The van der Waals surface area contributed by atoms with Crippen LogP contribution in [0.1, 0.15) is 24.4 Å². The summed E-state index contributed by atoms with van der Waals surface area (Å²) in [5.74, 6) is -0.502. The van der Waals surface area contributed by atoms with Gasteiger partial charge in [0, 0.05) is 18.2 Å². The molecule has 0 aliphatic heterocycles. The van der Waals surface area contributed by atoms with E-state index >= 15 is 0 Å². The Kier molecular flexibility index (Phi) is 4.63. The van der Waals surface area contributed by atoms with Crippen molar-refractivity contribution < 1.29 is 17.6 Å². The highest BCUT2D eigenvalue weighted by Gasteiger charge is 2.37. The van der Waals surface area contributed by atoms with Gasteiger partial charge in [0.2, 0.25) is 0 Å². The van der Waals surface area contributed by atoms with Gasteiger partial charge in [-0.25, -0.2) is 9.37 Å². The van der Waals surface area contributed by atoms with Gasteiger partial charge in [-0.3, -0.25) is 0 Å². The van der Waals surface area contributed by atoms with Crippen molar-refractivity contribution in [2.45, 2.75) is 32.6 Å². The lowest BCUT2D eigenvalue weighted by molar-refractivity contribution is -0.141. The van der Waals surface area contributed by atoms with Crippen LogP contribution < -0.4 is 5.32 Å². The minimum Gasteiger partial charge on any atom is -0.310 e. The van der Waals surface area contributed by atoms with Gasteiger partial charge >= 0.3 is 6.18 Å². The summed E-state index contributed by atoms with van der Waals surface area (Å²) in [6.45, 7) is 3.78. The van der Waals surface area contributed by atoms with E-state index in [2.05, 4.69) is 10.3 Å². The molecule has 2 rings (SSSR count). The molecule has 0 atom stereocenters. The van der Waals surface area contributed by atoms with Gasteiger partial charge in [-0.15, -0.1) is 11.3 Å². The first-order chi connectivity index (χ1) is 9.77. The molecule has 1 aromatic heterocycles. The Labute approximate surface area is 123 Å². The minimum absolute atomic E-state index is 0.0609. The van der Waals surface area contributed by atoms with Gasteiger partial charge in [0.25, 0.3) is 0 Å². The van der Waals surface area contributed by atoms with Gasteiger partial charge in [0.1, 0.15) is 10.8 Å². The molecule has 7 heteroatoms. The third kappa shape index (κ3) is 4.01. The summed E-state index contributed by atoms with van der Waals surface area (Å²) >= 11 is 0.930. The first-order valence-electron chi connectivity index (χ1n) is 6.33. The Hall–Kier alpha value is -1.47. The maximum atomic E-state index is 13.2. The number of hydrogen-bond acceptors (Lipinski definition) is 3. The van der Waals surface area contributed by atoms with E-state index in [1.165, 1.54) is 18.2 Å². The van der Waals surface area contributed by atoms with Crippen molar-refractivity contribution >= 4 is 11.3 Å². The van der Waals surface area contributed by atoms with Crippen molar-refractivity contribution in [2.75, 3.05) is 0 Å². The fourth-order valence-electron chi connectivity index (χ4n) is 1.73. The fraction of sp³-hybridized carbons (Fsp3) is 0.357. The molecule has 0 bridgehead atoms. The fourth-order valence-corrected chi connectivity index (χ4v) is 2.76. The predicted octanol–water partition coefficient (Wildman–Crippen LogP) is 4.47. The smallest absolute Gasteiger partial charge is 0.310 e. The molecule has 0 radical (unpaired) electrons. The van der Waals surface area contributed by atoms with Crippen LogP contribution in [0.15, 0.2) is 24.3 Å². The molecule has 0 amide bonds. The summed E-state index contributed by atoms with van der Waals surface area (Å²) in [6, 6.07) is 5.47. The zero-order valence-corrected chi connectivity index (χ0v) is 12.3. The standard InChI is InChI=1S/C14H14F4N2S/c1-8(2)19-7-11-12(14(16,17)18)20-13(21-11)9-4-3-5-10(15)6-9/h3-6,8,19H,7H2,1-2H3. The molecule has 1 heterocycles. The Balaban J connectivity index is 2.40. The molecular formula is C14H14F4N2S. The zero-order valence-electron chi connectivity index (χ0n) is 11.5. The van der Waals surface area contributed by atoms with E-state index in [1.54, 1.807) is 6.07 Å². The first kappa shape index (κ1) is 15.9. The van der Waals surface area contributed by atoms with Crippen LogP contribution in [0, 0.1) is 5.82 Å². The van der Waals surface area contributed by atoms with E-state index in [1.807, 2.05) is 13.8 Å². The number of nitrogens with one attached hydrogen (secondary N) is 1. The first-order valence-corrected chi connectivity index (χ1v) is 7.15. The molecule has 2 nitrogen and oxygen atoms in total. The third-order valence-corrected chi connectivity index (χ3v) is 3.81. The maximum Gasteiger partial charge on any atom is 0.434 e. The monoisotopic (exact) mass is 318 g/mol. The molecule has 0 saturated heterocycles. The van der Waals surface area contributed by atoms with Crippen LogP contribution in [0.2, 0.25) is 0 Å². The molecule has 1 N–H and O–H groups in total. The number of hydrogen-bond donors (Lipinski definition) is 1. The van der Waals surface area contributed by atoms with Gasteiger partial charge in [-0.2, -0.15) is 13.2 Å². The number of halogens is 4. The molecule has 0 aliphatic rings. The van der Waals surface area contributed by atoms with Crippen molar-refractivity contribution in [1.82, 2.24) is 10.3 Å². The van der Waals surface area contributed by atoms with E-state index in [0.29, 0.717) is 5.56 Å². The van der Waals surface area contributed by atoms with Crippen LogP contribution >= 0.6 is 11.3 Å². The highest BCUT2D eigenvalue weighted by atomic mass is 32.1. The Morgan fingerprint density at radius 3 is 2.57 bits per heavy atom. The number of benzene rings is 1. The van der Waals surface area contributed by atoms with Crippen molar-refractivity contribution in [2.24, 2.45) is 0 Å². The highest BCUT2D eigenvalue weighted by Crippen LogP contribution is 2.37. The largest absolute Gasteiger partial charge is 0.434 e. The second-order valence-corrected chi connectivity index (χ2v) is 5.92. The lowest BCUT2D eigenvalue weighted by Gasteiger charge is -2.09. The summed E-state index contributed by atoms with van der Waals surface area (Å²) in [6.07, 6.45) is -4.52. The second-order valence-electron chi connectivity index (χ2n) is 4.83. The van der Waals surface area contributed by atoms with Gasteiger partial charge in [0.05, 0.1) is 4.88 Å². The molecule has 0 unspecified atom stereocenters. The predicted molar refractivity (Wildman–Crippen MR) is 74.5 cm³/mol. The van der Waals surface area contributed by atoms with Crippen LogP contribution in [0.25, 0.3) is 10.6 Å². The van der Waals surface area contributed by atoms with Gasteiger partial charge in [0.15, 0.2) is 5.69 Å². The average Bonchev–Trinajstić information content (AvgIpc) is 2.80. The zero-order chi connectivity index (χ0) is 15.6. The Morgan fingerprint density at radius 1 is 1.29 bits per heavy atom. The number of thiazole rings is 1. The van der Waals surface area contributed by atoms with Crippen LogP contribution in [0.3, 0.4) is 0 Å². The third-order valence-electron chi connectivity index (χ3n) is 2.71. The van der Waals surface area contributed by atoms with E-state index < -0.39 is 17.7 Å². The number of alkyl halides is 3. The molecule has 0 aliphatic carbocycles. The molecule has 1 aromatic carbocycles. The molecule has 114 valence electrons. The summed E-state index contributed by atoms with van der Waals surface area (Å²) in [7, 11) is 0. The van der Waals surface area contributed by atoms with Crippen LogP contribution in [-0.4, -0.2) is 11.0 Å². The van der Waals surface area contributed by atoms with Crippen molar-refractivity contribution in [3.63, 3.8) is 0 Å². The number of rotatable bonds is 4. The van der Waals surface area contributed by atoms with Gasteiger partial charge < -0.3 is 5.32 Å². The topological polar surface area (TPSA) is 24.9 Å². The summed E-state index contributed by atoms with van der Waals surface area (Å²) in [5.41, 5.74) is -0.554. The number of aromatic nitrogens is 1. The quantitative estimate of drug-likeness (QED) is 0.842. The minimum atomic E-state index is -4.52. The molecule has 21 heavy (non-hydrogen) atoms. The molecule has 0 saturated carbocycles. The normalized spacial score (nSPS) is 12.1. The van der Waals surface area contributed by atoms with Crippen LogP contribution in [0.4, 0.5) is 17.6 Å².